The van der Waals surface area contributed by atoms with Crippen LogP contribution in [0, 0.1) is 0 Å². The molecule has 2 heterocycles. The summed E-state index contributed by atoms with van der Waals surface area (Å²) in [6.07, 6.45) is 7.71. The molecule has 4 nitrogen and oxygen atoms in total. The van der Waals surface area contributed by atoms with Gasteiger partial charge in [-0.15, -0.1) is 0 Å². The zero-order valence-corrected chi connectivity index (χ0v) is 15.9. The van der Waals surface area contributed by atoms with Crippen molar-refractivity contribution in [2.75, 3.05) is 19.6 Å². The number of likely N-dealkylation sites (tertiary alicyclic amines) is 1. The maximum Gasteiger partial charge on any atom is 0.251 e. The van der Waals surface area contributed by atoms with E-state index in [2.05, 4.69) is 27.4 Å². The second-order valence-electron chi connectivity index (χ2n) is 6.37. The third-order valence-electron chi connectivity index (χ3n) is 4.46. The number of benzene rings is 1. The Morgan fingerprint density at radius 2 is 1.92 bits per heavy atom. The highest BCUT2D eigenvalue weighted by Gasteiger charge is 2.20. The van der Waals surface area contributed by atoms with Crippen LogP contribution in [0.1, 0.15) is 28.8 Å². The molecule has 0 aliphatic carbocycles. The van der Waals surface area contributed by atoms with Gasteiger partial charge in [0.05, 0.1) is 0 Å². The van der Waals surface area contributed by atoms with Gasteiger partial charge < -0.3 is 5.32 Å². The van der Waals surface area contributed by atoms with Crippen LogP contribution < -0.4 is 5.32 Å². The van der Waals surface area contributed by atoms with Gasteiger partial charge in [0.1, 0.15) is 5.15 Å². The minimum absolute atomic E-state index is 0.0876. The highest BCUT2D eigenvalue weighted by atomic mass is 35.5. The smallest absolute Gasteiger partial charge is 0.251 e. The van der Waals surface area contributed by atoms with E-state index >= 15 is 0 Å². The van der Waals surface area contributed by atoms with Crippen LogP contribution in [0.4, 0.5) is 0 Å². The molecule has 1 aliphatic heterocycles. The predicted octanol–water partition coefficient (Wildman–Crippen LogP) is 4.30. The summed E-state index contributed by atoms with van der Waals surface area (Å²) in [7, 11) is 0. The summed E-state index contributed by atoms with van der Waals surface area (Å²) in [5.41, 5.74) is 1.70. The molecule has 1 N–H and O–H groups in total. The number of rotatable bonds is 5. The van der Waals surface area contributed by atoms with Crippen LogP contribution in [0.5, 0.6) is 0 Å². The van der Waals surface area contributed by atoms with E-state index < -0.39 is 0 Å². The number of hydrogen-bond acceptors (Lipinski definition) is 3. The van der Waals surface area contributed by atoms with Gasteiger partial charge >= 0.3 is 0 Å². The van der Waals surface area contributed by atoms with Crippen molar-refractivity contribution in [3.05, 3.63) is 70.0 Å². The van der Waals surface area contributed by atoms with Crippen LogP contribution in [-0.2, 0) is 0 Å². The number of amides is 1. The lowest BCUT2D eigenvalue weighted by Gasteiger charge is -2.31. The number of hydrogen-bond donors (Lipinski definition) is 1. The van der Waals surface area contributed by atoms with E-state index in [1.807, 2.05) is 24.3 Å². The van der Waals surface area contributed by atoms with Gasteiger partial charge in [-0.1, -0.05) is 47.5 Å². The Morgan fingerprint density at radius 1 is 1.19 bits per heavy atom. The molecule has 1 aromatic carbocycles. The van der Waals surface area contributed by atoms with Gasteiger partial charge in [0.25, 0.3) is 5.91 Å². The van der Waals surface area contributed by atoms with Crippen LogP contribution in [0.25, 0.3) is 6.08 Å². The molecule has 0 unspecified atom stereocenters. The summed E-state index contributed by atoms with van der Waals surface area (Å²) in [6.45, 7) is 2.84. The first-order chi connectivity index (χ1) is 12.6. The fourth-order valence-electron chi connectivity index (χ4n) is 2.98. The third-order valence-corrected chi connectivity index (χ3v) is 4.91. The Balaban J connectivity index is 1.42. The Bertz CT molecular complexity index is 769. The lowest BCUT2D eigenvalue weighted by atomic mass is 10.0. The van der Waals surface area contributed by atoms with Gasteiger partial charge in [0.15, 0.2) is 0 Å². The molecule has 6 heteroatoms. The van der Waals surface area contributed by atoms with Crippen molar-refractivity contribution in [3.8, 4) is 0 Å². The number of nitrogens with zero attached hydrogens (tertiary/aromatic N) is 2. The molecule has 2 aromatic rings. The molecule has 0 atom stereocenters. The fourth-order valence-corrected chi connectivity index (χ4v) is 3.28. The molecule has 26 heavy (non-hydrogen) atoms. The largest absolute Gasteiger partial charge is 0.349 e. The number of halogens is 2. The van der Waals surface area contributed by atoms with Crippen LogP contribution in [0.2, 0.25) is 10.2 Å². The van der Waals surface area contributed by atoms with Crippen LogP contribution in [0.3, 0.4) is 0 Å². The maximum absolute atomic E-state index is 12.3. The Kier molecular flexibility index (Phi) is 6.67. The van der Waals surface area contributed by atoms with Crippen LogP contribution >= 0.6 is 23.2 Å². The average molecular weight is 390 g/mol. The lowest BCUT2D eigenvalue weighted by molar-refractivity contribution is 0.0914. The quantitative estimate of drug-likeness (QED) is 0.775. The number of pyridine rings is 1. The Morgan fingerprint density at radius 3 is 2.62 bits per heavy atom. The van der Waals surface area contributed by atoms with Gasteiger partial charge in [0, 0.05) is 42.5 Å². The second kappa shape index (κ2) is 9.17. The third kappa shape index (κ3) is 5.56. The summed E-state index contributed by atoms with van der Waals surface area (Å²) in [5.74, 6) is -0.0876. The van der Waals surface area contributed by atoms with Crippen molar-refractivity contribution in [2.24, 2.45) is 0 Å². The van der Waals surface area contributed by atoms with Gasteiger partial charge in [0.2, 0.25) is 0 Å². The molecule has 1 fully saturated rings. The number of nitrogens with one attached hydrogen (secondary N) is 1. The minimum Gasteiger partial charge on any atom is -0.349 e. The summed E-state index contributed by atoms with van der Waals surface area (Å²) < 4.78 is 0. The molecule has 0 radical (unpaired) electrons. The number of piperidine rings is 1. The standard InChI is InChI=1S/C20H21Cl2N3O/c21-17-5-3-15(4-6-17)2-1-11-25-12-8-18(9-13-25)24-20(26)16-7-10-23-19(22)14-16/h1-7,10,14,18H,8-9,11-13H2,(H,24,26)/b2-1+. The number of carbonyl (C=O) groups excluding carboxylic acids is 1. The van der Waals surface area contributed by atoms with Crippen molar-refractivity contribution >= 4 is 35.2 Å². The van der Waals surface area contributed by atoms with E-state index in [9.17, 15) is 4.79 Å². The van der Waals surface area contributed by atoms with Crippen molar-refractivity contribution < 1.29 is 4.79 Å². The average Bonchev–Trinajstić information content (AvgIpc) is 2.65. The monoisotopic (exact) mass is 389 g/mol. The van der Waals surface area contributed by atoms with E-state index in [4.69, 9.17) is 23.2 Å². The number of aromatic nitrogens is 1. The molecule has 1 amide bonds. The molecule has 0 saturated carbocycles. The van der Waals surface area contributed by atoms with E-state index in [-0.39, 0.29) is 11.9 Å². The fraction of sp³-hybridized carbons (Fsp3) is 0.300. The molecule has 1 aromatic heterocycles. The highest BCUT2D eigenvalue weighted by Crippen LogP contribution is 2.14. The van der Waals surface area contributed by atoms with E-state index in [1.54, 1.807) is 18.3 Å². The van der Waals surface area contributed by atoms with Crippen molar-refractivity contribution in [1.82, 2.24) is 15.2 Å². The highest BCUT2D eigenvalue weighted by molar-refractivity contribution is 6.30. The Labute approximate surface area is 163 Å². The molecule has 136 valence electrons. The molecule has 3 rings (SSSR count). The normalized spacial score (nSPS) is 16.1. The first-order valence-corrected chi connectivity index (χ1v) is 9.42. The van der Waals surface area contributed by atoms with Crippen LogP contribution in [-0.4, -0.2) is 41.5 Å². The zero-order valence-electron chi connectivity index (χ0n) is 14.4. The van der Waals surface area contributed by atoms with Gasteiger partial charge in [-0.25, -0.2) is 4.98 Å². The van der Waals surface area contributed by atoms with E-state index in [0.29, 0.717) is 10.7 Å². The van der Waals surface area contributed by atoms with E-state index in [0.717, 1.165) is 43.1 Å². The van der Waals surface area contributed by atoms with E-state index in [1.165, 1.54) is 0 Å². The first kappa shape index (κ1) is 18.9. The van der Waals surface area contributed by atoms with Gasteiger partial charge in [-0.05, 0) is 42.7 Å². The predicted molar refractivity (Wildman–Crippen MR) is 107 cm³/mol. The summed E-state index contributed by atoms with van der Waals surface area (Å²) in [4.78, 5) is 18.6. The summed E-state index contributed by atoms with van der Waals surface area (Å²) in [5, 5.41) is 4.17. The lowest BCUT2D eigenvalue weighted by Crippen LogP contribution is -2.44. The second-order valence-corrected chi connectivity index (χ2v) is 7.19. The van der Waals surface area contributed by atoms with Crippen molar-refractivity contribution in [1.29, 1.82) is 0 Å². The Hall–Kier alpha value is -1.88. The maximum atomic E-state index is 12.3. The molecule has 0 spiro atoms. The summed E-state index contributed by atoms with van der Waals surface area (Å²) >= 11 is 11.7. The molecular weight excluding hydrogens is 369 g/mol. The van der Waals surface area contributed by atoms with Crippen molar-refractivity contribution in [3.63, 3.8) is 0 Å². The van der Waals surface area contributed by atoms with Crippen molar-refractivity contribution in [2.45, 2.75) is 18.9 Å². The molecule has 1 aliphatic rings. The first-order valence-electron chi connectivity index (χ1n) is 8.67. The number of carbonyl (C=O) groups is 1. The minimum atomic E-state index is -0.0876. The molecular formula is C20H21Cl2N3O. The van der Waals surface area contributed by atoms with Crippen LogP contribution in [0.15, 0.2) is 48.7 Å². The molecule has 0 bridgehead atoms. The topological polar surface area (TPSA) is 45.2 Å². The van der Waals surface area contributed by atoms with Gasteiger partial charge in [-0.3, -0.25) is 9.69 Å². The van der Waals surface area contributed by atoms with Gasteiger partial charge in [-0.2, -0.15) is 0 Å². The molecule has 1 saturated heterocycles. The summed E-state index contributed by atoms with van der Waals surface area (Å²) in [6, 6.07) is 11.3. The SMILES string of the molecule is O=C(NC1CCN(C/C=C/c2ccc(Cl)cc2)CC1)c1ccnc(Cl)c1. The zero-order chi connectivity index (χ0) is 18.4.